The Bertz CT molecular complexity index is 531. The molecule has 1 rings (SSSR count). The molecule has 100 valence electrons. The number of aliphatic hydroxyl groups excluding tert-OH is 1. The van der Waals surface area contributed by atoms with Crippen molar-refractivity contribution in [2.24, 2.45) is 5.73 Å². The zero-order valence-electron chi connectivity index (χ0n) is 10.5. The third-order valence-electron chi connectivity index (χ3n) is 2.30. The van der Waals surface area contributed by atoms with Crippen LogP contribution in [0.2, 0.25) is 0 Å². The molecule has 1 aromatic rings. The fourth-order valence-corrected chi connectivity index (χ4v) is 1.25. The molecule has 0 fully saturated rings. The minimum atomic E-state index is -0.765. The Morgan fingerprint density at radius 2 is 2.32 bits per heavy atom. The molecule has 2 amide bonds. The molecule has 0 aliphatic carbocycles. The highest BCUT2D eigenvalue weighted by Crippen LogP contribution is 2.05. The van der Waals surface area contributed by atoms with Crippen LogP contribution in [0.3, 0.4) is 0 Å². The van der Waals surface area contributed by atoms with Gasteiger partial charge >= 0.3 is 0 Å². The molecule has 0 aliphatic rings. The predicted molar refractivity (Wildman–Crippen MR) is 68.9 cm³/mol. The van der Waals surface area contributed by atoms with Crippen LogP contribution >= 0.6 is 0 Å². The van der Waals surface area contributed by atoms with Crippen molar-refractivity contribution in [1.29, 1.82) is 0 Å². The van der Waals surface area contributed by atoms with E-state index in [9.17, 15) is 9.59 Å². The fraction of sp³-hybridized carbons (Fsp3) is 0.308. The number of hydrogen-bond donors (Lipinski definition) is 3. The predicted octanol–water partition coefficient (Wildman–Crippen LogP) is -0.581. The Hall–Kier alpha value is -2.39. The maximum atomic E-state index is 11.9. The van der Waals surface area contributed by atoms with Crippen molar-refractivity contribution in [3.05, 3.63) is 29.6 Å². The molecule has 1 atom stereocenters. The third kappa shape index (κ3) is 4.41. The number of aromatic nitrogens is 1. The van der Waals surface area contributed by atoms with Gasteiger partial charge in [0.1, 0.15) is 6.04 Å². The number of amides is 2. The first-order chi connectivity index (χ1) is 9.06. The standard InChI is InChI=1S/C13H15N3O3/c1-9(12(14)18)16-13(19)11-5-6-15-8-10(11)4-2-3-7-17/h5-6,8-9,17H,3,7H2,1H3,(H2,14,18)(H,16,19). The minimum absolute atomic E-state index is 0.0481. The van der Waals surface area contributed by atoms with E-state index in [1.54, 1.807) is 0 Å². The number of nitrogens with zero attached hydrogens (tertiary/aromatic N) is 1. The lowest BCUT2D eigenvalue weighted by Crippen LogP contribution is -2.42. The average Bonchev–Trinajstić information content (AvgIpc) is 2.39. The maximum absolute atomic E-state index is 11.9. The van der Waals surface area contributed by atoms with Gasteiger partial charge in [-0.25, -0.2) is 0 Å². The first-order valence-electron chi connectivity index (χ1n) is 5.70. The van der Waals surface area contributed by atoms with Gasteiger partial charge in [0.2, 0.25) is 5.91 Å². The smallest absolute Gasteiger partial charge is 0.253 e. The van der Waals surface area contributed by atoms with Crippen LogP contribution in [0.4, 0.5) is 0 Å². The number of carbonyl (C=O) groups is 2. The second-order valence-corrected chi connectivity index (χ2v) is 3.79. The van der Waals surface area contributed by atoms with Gasteiger partial charge in [0.15, 0.2) is 0 Å². The quantitative estimate of drug-likeness (QED) is 0.630. The Morgan fingerprint density at radius 1 is 1.58 bits per heavy atom. The fourth-order valence-electron chi connectivity index (χ4n) is 1.25. The van der Waals surface area contributed by atoms with Crippen LogP contribution in [-0.4, -0.2) is 34.6 Å². The molecule has 0 saturated carbocycles. The van der Waals surface area contributed by atoms with Gasteiger partial charge in [0.05, 0.1) is 17.7 Å². The Morgan fingerprint density at radius 3 is 2.95 bits per heavy atom. The highest BCUT2D eigenvalue weighted by Gasteiger charge is 2.15. The summed E-state index contributed by atoms with van der Waals surface area (Å²) in [6.45, 7) is 1.45. The van der Waals surface area contributed by atoms with Crippen molar-refractivity contribution in [2.45, 2.75) is 19.4 Å². The van der Waals surface area contributed by atoms with Crippen molar-refractivity contribution in [1.82, 2.24) is 10.3 Å². The molecular formula is C13H15N3O3. The van der Waals surface area contributed by atoms with Crippen molar-refractivity contribution in [3.8, 4) is 11.8 Å². The summed E-state index contributed by atoms with van der Waals surface area (Å²) in [4.78, 5) is 26.7. The molecule has 6 nitrogen and oxygen atoms in total. The van der Waals surface area contributed by atoms with E-state index in [0.717, 1.165) is 0 Å². The molecule has 1 heterocycles. The zero-order chi connectivity index (χ0) is 14.3. The number of rotatable bonds is 4. The largest absolute Gasteiger partial charge is 0.395 e. The number of nitrogens with one attached hydrogen (secondary N) is 1. The normalized spacial score (nSPS) is 11.1. The van der Waals surface area contributed by atoms with Gasteiger partial charge in [-0.3, -0.25) is 14.6 Å². The summed E-state index contributed by atoms with van der Waals surface area (Å²) in [5.41, 5.74) is 5.83. The summed E-state index contributed by atoms with van der Waals surface area (Å²) in [6.07, 6.45) is 3.23. The highest BCUT2D eigenvalue weighted by molar-refractivity contribution is 5.99. The van der Waals surface area contributed by atoms with Crippen LogP contribution in [0.15, 0.2) is 18.5 Å². The van der Waals surface area contributed by atoms with Gasteiger partial charge in [-0.2, -0.15) is 0 Å². The van der Waals surface area contributed by atoms with Crippen LogP contribution in [0, 0.1) is 11.8 Å². The number of hydrogen-bond acceptors (Lipinski definition) is 4. The van der Waals surface area contributed by atoms with Crippen LogP contribution in [0.25, 0.3) is 0 Å². The summed E-state index contributed by atoms with van der Waals surface area (Å²) >= 11 is 0. The second-order valence-electron chi connectivity index (χ2n) is 3.79. The first-order valence-corrected chi connectivity index (χ1v) is 5.70. The van der Waals surface area contributed by atoms with Gasteiger partial charge in [-0.1, -0.05) is 11.8 Å². The number of carbonyl (C=O) groups excluding carboxylic acids is 2. The summed E-state index contributed by atoms with van der Waals surface area (Å²) in [5.74, 6) is 4.40. The van der Waals surface area contributed by atoms with Crippen LogP contribution in [-0.2, 0) is 4.79 Å². The number of nitrogens with two attached hydrogens (primary N) is 1. The van der Waals surface area contributed by atoms with E-state index >= 15 is 0 Å². The summed E-state index contributed by atoms with van der Waals surface area (Å²) in [6, 6.07) is 0.741. The molecule has 0 aromatic carbocycles. The lowest BCUT2D eigenvalue weighted by atomic mass is 10.1. The summed E-state index contributed by atoms with van der Waals surface area (Å²) < 4.78 is 0. The number of pyridine rings is 1. The Balaban J connectivity index is 2.91. The zero-order valence-corrected chi connectivity index (χ0v) is 10.5. The van der Waals surface area contributed by atoms with Crippen molar-refractivity contribution in [3.63, 3.8) is 0 Å². The van der Waals surface area contributed by atoms with Gasteiger partial charge in [-0.15, -0.1) is 0 Å². The van der Waals surface area contributed by atoms with Crippen molar-refractivity contribution in [2.75, 3.05) is 6.61 Å². The van der Waals surface area contributed by atoms with E-state index in [-0.39, 0.29) is 6.61 Å². The van der Waals surface area contributed by atoms with Crippen molar-refractivity contribution >= 4 is 11.8 Å². The van der Waals surface area contributed by atoms with E-state index in [2.05, 4.69) is 22.1 Å². The van der Waals surface area contributed by atoms with E-state index in [1.807, 2.05) is 0 Å². The summed E-state index contributed by atoms with van der Waals surface area (Å²) in [7, 11) is 0. The SMILES string of the molecule is CC(NC(=O)c1ccncc1C#CCCO)C(N)=O. The lowest BCUT2D eigenvalue weighted by Gasteiger charge is -2.10. The minimum Gasteiger partial charge on any atom is -0.395 e. The van der Waals surface area contributed by atoms with Gasteiger partial charge < -0.3 is 16.2 Å². The van der Waals surface area contributed by atoms with E-state index in [0.29, 0.717) is 17.5 Å². The van der Waals surface area contributed by atoms with Gasteiger partial charge in [0, 0.05) is 18.8 Å². The molecule has 1 aromatic heterocycles. The van der Waals surface area contributed by atoms with E-state index in [4.69, 9.17) is 10.8 Å². The highest BCUT2D eigenvalue weighted by atomic mass is 16.2. The molecular weight excluding hydrogens is 246 g/mol. The maximum Gasteiger partial charge on any atom is 0.253 e. The first kappa shape index (κ1) is 14.7. The molecule has 4 N–H and O–H groups in total. The van der Waals surface area contributed by atoms with E-state index < -0.39 is 17.9 Å². The molecule has 0 bridgehead atoms. The summed E-state index contributed by atoms with van der Waals surface area (Å²) in [5, 5.41) is 11.1. The third-order valence-corrected chi connectivity index (χ3v) is 2.30. The van der Waals surface area contributed by atoms with Crippen molar-refractivity contribution < 1.29 is 14.7 Å². The van der Waals surface area contributed by atoms with Crippen LogP contribution < -0.4 is 11.1 Å². The Labute approximate surface area is 111 Å². The van der Waals surface area contributed by atoms with E-state index in [1.165, 1.54) is 25.4 Å². The number of primary amides is 1. The second kappa shape index (κ2) is 7.13. The molecule has 1 unspecified atom stereocenters. The van der Waals surface area contributed by atoms with Crippen LogP contribution in [0.1, 0.15) is 29.3 Å². The Kier molecular flexibility index (Phi) is 5.51. The lowest BCUT2D eigenvalue weighted by molar-refractivity contribution is -0.119. The molecule has 19 heavy (non-hydrogen) atoms. The molecule has 0 saturated heterocycles. The average molecular weight is 261 g/mol. The number of aliphatic hydroxyl groups is 1. The molecule has 0 aliphatic heterocycles. The van der Waals surface area contributed by atoms with Gasteiger partial charge in [-0.05, 0) is 13.0 Å². The topological polar surface area (TPSA) is 105 Å². The monoisotopic (exact) mass is 261 g/mol. The molecule has 0 spiro atoms. The van der Waals surface area contributed by atoms with Gasteiger partial charge in [0.25, 0.3) is 5.91 Å². The molecule has 6 heteroatoms. The van der Waals surface area contributed by atoms with Crippen LogP contribution in [0.5, 0.6) is 0 Å². The molecule has 0 radical (unpaired) electrons.